The van der Waals surface area contributed by atoms with Crippen molar-refractivity contribution in [3.05, 3.63) is 41.4 Å². The van der Waals surface area contributed by atoms with Crippen molar-refractivity contribution >= 4 is 38.2 Å². The fourth-order valence-electron chi connectivity index (χ4n) is 2.52. The third-order valence-electron chi connectivity index (χ3n) is 3.61. The van der Waals surface area contributed by atoms with Crippen LogP contribution in [0.5, 0.6) is 0 Å². The third-order valence-corrected chi connectivity index (χ3v) is 5.69. The number of thiazole rings is 1. The Morgan fingerprint density at radius 1 is 1.36 bits per heavy atom. The van der Waals surface area contributed by atoms with Crippen LogP contribution in [0.1, 0.15) is 25.8 Å². The molecule has 2 N–H and O–H groups in total. The van der Waals surface area contributed by atoms with Crippen molar-refractivity contribution in [1.82, 2.24) is 9.71 Å². The topological polar surface area (TPSA) is 101 Å². The summed E-state index contributed by atoms with van der Waals surface area (Å²) < 4.78 is 26.8. The van der Waals surface area contributed by atoms with Crippen molar-refractivity contribution in [3.8, 4) is 0 Å². The molecule has 2 aromatic rings. The van der Waals surface area contributed by atoms with Gasteiger partial charge >= 0.3 is 0 Å². The minimum absolute atomic E-state index is 0.178. The minimum Gasteiger partial charge on any atom is -0.300 e. The van der Waals surface area contributed by atoms with Crippen LogP contribution in [-0.2, 0) is 14.8 Å². The van der Waals surface area contributed by atoms with E-state index >= 15 is 0 Å². The van der Waals surface area contributed by atoms with Crippen molar-refractivity contribution in [2.24, 2.45) is 10.9 Å². The van der Waals surface area contributed by atoms with Crippen LogP contribution >= 0.6 is 11.3 Å². The lowest BCUT2D eigenvalue weighted by atomic mass is 10.0. The van der Waals surface area contributed by atoms with Crippen LogP contribution in [0.3, 0.4) is 0 Å². The van der Waals surface area contributed by atoms with Crippen LogP contribution in [-0.4, -0.2) is 31.2 Å². The minimum atomic E-state index is -3.63. The SMILES string of the molecule is CC(C)CC(N=C1NS(=O)(=O)c2ccccc21)C(=O)Nc1nccs1. The number of nitrogens with one attached hydrogen (secondary N) is 2. The fraction of sp³-hybridized carbons (Fsp3) is 0.312. The molecule has 1 aliphatic heterocycles. The molecule has 1 atom stereocenters. The van der Waals surface area contributed by atoms with E-state index in [-0.39, 0.29) is 22.6 Å². The zero-order valence-corrected chi connectivity index (χ0v) is 15.4. The molecule has 0 saturated heterocycles. The highest BCUT2D eigenvalue weighted by Gasteiger charge is 2.32. The van der Waals surface area contributed by atoms with Gasteiger partial charge in [0.15, 0.2) is 5.13 Å². The second kappa shape index (κ2) is 6.93. The Kier molecular flexibility index (Phi) is 4.87. The number of hydrogen-bond acceptors (Lipinski definition) is 6. The Labute approximate surface area is 150 Å². The molecule has 9 heteroatoms. The van der Waals surface area contributed by atoms with Gasteiger partial charge in [0, 0.05) is 17.1 Å². The Balaban J connectivity index is 1.92. The maximum atomic E-state index is 12.6. The van der Waals surface area contributed by atoms with Gasteiger partial charge in [0.1, 0.15) is 11.9 Å². The number of aromatic nitrogens is 1. The van der Waals surface area contributed by atoms with Crippen molar-refractivity contribution < 1.29 is 13.2 Å². The number of rotatable bonds is 5. The number of anilines is 1. The van der Waals surface area contributed by atoms with E-state index in [0.717, 1.165) is 0 Å². The van der Waals surface area contributed by atoms with Crippen LogP contribution in [0.2, 0.25) is 0 Å². The average molecular weight is 378 g/mol. The molecule has 1 unspecified atom stereocenters. The maximum absolute atomic E-state index is 12.6. The molecule has 25 heavy (non-hydrogen) atoms. The zero-order chi connectivity index (χ0) is 18.0. The number of amidine groups is 1. The summed E-state index contributed by atoms with van der Waals surface area (Å²) in [6, 6.07) is 5.88. The molecular weight excluding hydrogens is 360 g/mol. The monoisotopic (exact) mass is 378 g/mol. The van der Waals surface area contributed by atoms with Gasteiger partial charge in [-0.25, -0.2) is 13.4 Å². The van der Waals surface area contributed by atoms with E-state index in [1.165, 1.54) is 17.4 Å². The molecule has 3 rings (SSSR count). The van der Waals surface area contributed by atoms with Crippen LogP contribution < -0.4 is 10.0 Å². The van der Waals surface area contributed by atoms with Crippen molar-refractivity contribution in [2.75, 3.05) is 5.32 Å². The highest BCUT2D eigenvalue weighted by atomic mass is 32.2. The lowest BCUT2D eigenvalue weighted by Gasteiger charge is -2.15. The van der Waals surface area contributed by atoms with E-state index in [2.05, 4.69) is 20.0 Å². The van der Waals surface area contributed by atoms with Crippen LogP contribution in [0.15, 0.2) is 45.7 Å². The highest BCUT2D eigenvalue weighted by Crippen LogP contribution is 2.24. The van der Waals surface area contributed by atoms with Crippen molar-refractivity contribution in [1.29, 1.82) is 0 Å². The molecule has 1 aliphatic rings. The number of fused-ring (bicyclic) bond motifs is 1. The lowest BCUT2D eigenvalue weighted by Crippen LogP contribution is -2.31. The van der Waals surface area contributed by atoms with Crippen LogP contribution in [0, 0.1) is 5.92 Å². The molecule has 0 radical (unpaired) electrons. The molecule has 0 spiro atoms. The van der Waals surface area contributed by atoms with E-state index in [1.54, 1.807) is 29.8 Å². The predicted octanol–water partition coefficient (Wildman–Crippen LogP) is 2.24. The number of nitrogens with zero attached hydrogens (tertiary/aromatic N) is 2. The summed E-state index contributed by atoms with van der Waals surface area (Å²) in [7, 11) is -3.63. The molecule has 1 aromatic carbocycles. The summed E-state index contributed by atoms with van der Waals surface area (Å²) in [5.41, 5.74) is 0.485. The summed E-state index contributed by atoms with van der Waals surface area (Å²) in [6.07, 6.45) is 2.09. The van der Waals surface area contributed by atoms with Crippen molar-refractivity contribution in [3.63, 3.8) is 0 Å². The van der Waals surface area contributed by atoms with E-state index in [0.29, 0.717) is 17.1 Å². The van der Waals surface area contributed by atoms with Crippen LogP contribution in [0.4, 0.5) is 5.13 Å². The van der Waals surface area contributed by atoms with E-state index < -0.39 is 16.1 Å². The Bertz CT molecular complexity index is 905. The van der Waals surface area contributed by atoms with Gasteiger partial charge in [-0.15, -0.1) is 11.3 Å². The summed E-state index contributed by atoms with van der Waals surface area (Å²) >= 11 is 1.32. The second-order valence-electron chi connectivity index (χ2n) is 6.05. The van der Waals surface area contributed by atoms with Gasteiger partial charge in [-0.2, -0.15) is 0 Å². The molecule has 0 aliphatic carbocycles. The van der Waals surface area contributed by atoms with Gasteiger partial charge in [0.05, 0.1) is 4.90 Å². The third kappa shape index (κ3) is 3.88. The smallest absolute Gasteiger partial charge is 0.263 e. The maximum Gasteiger partial charge on any atom is 0.263 e. The van der Waals surface area contributed by atoms with E-state index in [1.807, 2.05) is 13.8 Å². The molecule has 0 fully saturated rings. The fourth-order valence-corrected chi connectivity index (χ4v) is 4.30. The van der Waals surface area contributed by atoms with Gasteiger partial charge in [-0.1, -0.05) is 26.0 Å². The quantitative estimate of drug-likeness (QED) is 0.833. The van der Waals surface area contributed by atoms with E-state index in [4.69, 9.17) is 0 Å². The summed E-state index contributed by atoms with van der Waals surface area (Å²) in [6.45, 7) is 3.97. The second-order valence-corrected chi connectivity index (χ2v) is 8.60. The Hall–Kier alpha value is -2.26. The largest absolute Gasteiger partial charge is 0.300 e. The number of sulfonamides is 1. The molecular formula is C16H18N4O3S2. The van der Waals surface area contributed by atoms with Crippen LogP contribution in [0.25, 0.3) is 0 Å². The summed E-state index contributed by atoms with van der Waals surface area (Å²) in [5, 5.41) is 4.99. The van der Waals surface area contributed by atoms with E-state index in [9.17, 15) is 13.2 Å². The first-order valence-corrected chi connectivity index (χ1v) is 10.1. The highest BCUT2D eigenvalue weighted by molar-refractivity contribution is 7.90. The number of aliphatic imine (C=N–C) groups is 1. The molecule has 0 saturated carbocycles. The van der Waals surface area contributed by atoms with Gasteiger partial charge < -0.3 is 5.32 Å². The van der Waals surface area contributed by atoms with Crippen molar-refractivity contribution in [2.45, 2.75) is 31.2 Å². The molecule has 7 nitrogen and oxygen atoms in total. The Morgan fingerprint density at radius 3 is 2.80 bits per heavy atom. The number of hydrogen-bond donors (Lipinski definition) is 2. The molecule has 1 amide bonds. The lowest BCUT2D eigenvalue weighted by molar-refractivity contribution is -0.117. The molecule has 1 aromatic heterocycles. The summed E-state index contributed by atoms with van der Waals surface area (Å²) in [5.74, 6) is 0.111. The van der Waals surface area contributed by atoms with Gasteiger partial charge in [0.2, 0.25) is 0 Å². The van der Waals surface area contributed by atoms with Gasteiger partial charge in [-0.3, -0.25) is 14.5 Å². The Morgan fingerprint density at radius 2 is 2.12 bits per heavy atom. The number of carbonyl (C=O) groups is 1. The number of amides is 1. The van der Waals surface area contributed by atoms with Gasteiger partial charge in [0.25, 0.3) is 15.9 Å². The first-order chi connectivity index (χ1) is 11.9. The number of benzene rings is 1. The average Bonchev–Trinajstić information content (AvgIpc) is 3.13. The predicted molar refractivity (Wildman–Crippen MR) is 97.3 cm³/mol. The molecule has 2 heterocycles. The zero-order valence-electron chi connectivity index (χ0n) is 13.8. The standard InChI is InChI=1S/C16H18N4O3S2/c1-10(2)9-12(15(21)19-16-17-7-8-24-16)18-14-11-5-3-4-6-13(11)25(22,23)20-14/h3-8,10,12H,9H2,1-2H3,(H,18,20)(H,17,19,21). The first-order valence-electron chi connectivity index (χ1n) is 7.77. The number of carbonyl (C=O) groups excluding carboxylic acids is 1. The normalized spacial score (nSPS) is 18.0. The van der Waals surface area contributed by atoms with Gasteiger partial charge in [-0.05, 0) is 24.5 Å². The first kappa shape index (κ1) is 17.6. The summed E-state index contributed by atoms with van der Waals surface area (Å²) in [4.78, 5) is 21.2. The molecule has 132 valence electrons. The molecule has 0 bridgehead atoms.